The number of benzene rings is 3. The number of fused-ring (bicyclic) bond motifs is 1. The first-order chi connectivity index (χ1) is 17.7. The quantitative estimate of drug-likeness (QED) is 0.314. The Bertz CT molecular complexity index is 1210. The number of carbonyl (C=O) groups excluding carboxylic acids is 1. The summed E-state index contributed by atoms with van der Waals surface area (Å²) in [6, 6.07) is 29.6. The van der Waals surface area contributed by atoms with Gasteiger partial charge in [0.15, 0.2) is 0 Å². The number of carbonyl (C=O) groups is 1. The van der Waals surface area contributed by atoms with Gasteiger partial charge < -0.3 is 14.2 Å². The molecule has 0 N–H and O–H groups in total. The zero-order valence-electron chi connectivity index (χ0n) is 20.9. The standard InChI is InChI=1S/C30H34N4O2/c1-24(33(20-25-10-4-2-5-11-25)21-26-12-6-3-7-13-26)22-36-30(35)32-18-16-27(17-19-32)34-23-31-28-14-8-9-15-29(28)34/h2-15,23-24,27H,16-22H2,1H3/t24-/m0/s1. The maximum absolute atomic E-state index is 12.9. The van der Waals surface area contributed by atoms with Gasteiger partial charge in [-0.2, -0.15) is 0 Å². The zero-order chi connectivity index (χ0) is 24.7. The fourth-order valence-corrected chi connectivity index (χ4v) is 4.99. The average molecular weight is 483 g/mol. The smallest absolute Gasteiger partial charge is 0.409 e. The summed E-state index contributed by atoms with van der Waals surface area (Å²) >= 11 is 0. The second-order valence-corrected chi connectivity index (χ2v) is 9.66. The van der Waals surface area contributed by atoms with Crippen LogP contribution in [0.15, 0.2) is 91.3 Å². The molecule has 1 aliphatic rings. The minimum atomic E-state index is -0.213. The number of hydrogen-bond donors (Lipinski definition) is 0. The fourth-order valence-electron chi connectivity index (χ4n) is 4.99. The average Bonchev–Trinajstić information content (AvgIpc) is 3.37. The summed E-state index contributed by atoms with van der Waals surface area (Å²) in [6.45, 7) is 5.50. The largest absolute Gasteiger partial charge is 0.448 e. The molecule has 2 heterocycles. The highest BCUT2D eigenvalue weighted by Gasteiger charge is 2.26. The third-order valence-corrected chi connectivity index (χ3v) is 7.13. The topological polar surface area (TPSA) is 50.6 Å². The van der Waals surface area contributed by atoms with Gasteiger partial charge in [-0.25, -0.2) is 9.78 Å². The van der Waals surface area contributed by atoms with E-state index < -0.39 is 0 Å². The zero-order valence-corrected chi connectivity index (χ0v) is 20.9. The molecule has 186 valence electrons. The minimum Gasteiger partial charge on any atom is -0.448 e. The molecule has 1 fully saturated rings. The van der Waals surface area contributed by atoms with Gasteiger partial charge in [0.2, 0.25) is 0 Å². The first kappa shape index (κ1) is 24.1. The Hall–Kier alpha value is -3.64. The highest BCUT2D eigenvalue weighted by atomic mass is 16.6. The Kier molecular flexibility index (Phi) is 7.62. The van der Waals surface area contributed by atoms with Gasteiger partial charge in [0.05, 0.1) is 17.4 Å². The normalized spacial score (nSPS) is 15.3. The predicted octanol–water partition coefficient (Wildman–Crippen LogP) is 5.90. The molecular formula is C30H34N4O2. The summed E-state index contributed by atoms with van der Waals surface area (Å²) in [5.41, 5.74) is 4.68. The number of aromatic nitrogens is 2. The van der Waals surface area contributed by atoms with Crippen molar-refractivity contribution in [1.29, 1.82) is 0 Å². The molecule has 1 amide bonds. The van der Waals surface area contributed by atoms with Crippen LogP contribution < -0.4 is 0 Å². The molecule has 0 saturated carbocycles. The van der Waals surface area contributed by atoms with Gasteiger partial charge in [-0.3, -0.25) is 4.90 Å². The number of piperidine rings is 1. The van der Waals surface area contributed by atoms with Crippen LogP contribution in [0, 0.1) is 0 Å². The van der Waals surface area contributed by atoms with Crippen LogP contribution in [0.5, 0.6) is 0 Å². The summed E-state index contributed by atoms with van der Waals surface area (Å²) in [7, 11) is 0. The second kappa shape index (κ2) is 11.4. The Morgan fingerprint density at radius 2 is 1.50 bits per heavy atom. The molecule has 0 bridgehead atoms. The number of rotatable bonds is 8. The number of amides is 1. The molecule has 4 aromatic rings. The summed E-state index contributed by atoms with van der Waals surface area (Å²) in [6.07, 6.45) is 3.52. The fraction of sp³-hybridized carbons (Fsp3) is 0.333. The molecule has 0 unspecified atom stereocenters. The van der Waals surface area contributed by atoms with E-state index in [9.17, 15) is 4.79 Å². The Labute approximate surface area is 213 Å². The van der Waals surface area contributed by atoms with E-state index in [2.05, 4.69) is 76.0 Å². The molecule has 0 aliphatic carbocycles. The number of likely N-dealkylation sites (tertiary alicyclic amines) is 1. The molecule has 6 nitrogen and oxygen atoms in total. The molecule has 0 radical (unpaired) electrons. The highest BCUT2D eigenvalue weighted by Crippen LogP contribution is 2.27. The van der Waals surface area contributed by atoms with Gasteiger partial charge in [0.1, 0.15) is 6.61 Å². The molecule has 5 rings (SSSR count). The minimum absolute atomic E-state index is 0.0872. The van der Waals surface area contributed by atoms with E-state index in [0.29, 0.717) is 25.7 Å². The molecular weight excluding hydrogens is 448 g/mol. The van der Waals surface area contributed by atoms with E-state index in [-0.39, 0.29) is 12.1 Å². The first-order valence-corrected chi connectivity index (χ1v) is 12.8. The lowest BCUT2D eigenvalue weighted by atomic mass is 10.1. The van der Waals surface area contributed by atoms with Crippen LogP contribution in [0.3, 0.4) is 0 Å². The number of imidazole rings is 1. The van der Waals surface area contributed by atoms with Crippen molar-refractivity contribution in [1.82, 2.24) is 19.4 Å². The van der Waals surface area contributed by atoms with E-state index in [0.717, 1.165) is 37.0 Å². The highest BCUT2D eigenvalue weighted by molar-refractivity contribution is 5.75. The van der Waals surface area contributed by atoms with Crippen LogP contribution in [0.1, 0.15) is 36.9 Å². The van der Waals surface area contributed by atoms with E-state index in [1.807, 2.05) is 41.6 Å². The van der Waals surface area contributed by atoms with Crippen molar-refractivity contribution in [3.8, 4) is 0 Å². The first-order valence-electron chi connectivity index (χ1n) is 12.8. The number of nitrogens with zero attached hydrogens (tertiary/aromatic N) is 4. The molecule has 0 spiro atoms. The van der Waals surface area contributed by atoms with Crippen molar-refractivity contribution in [3.63, 3.8) is 0 Å². The SMILES string of the molecule is C[C@@H](COC(=O)N1CCC(n2cnc3ccccc32)CC1)N(Cc1ccccc1)Cc1ccccc1. The van der Waals surface area contributed by atoms with Gasteiger partial charge in [0.25, 0.3) is 0 Å². The van der Waals surface area contributed by atoms with Crippen LogP contribution in [-0.2, 0) is 17.8 Å². The van der Waals surface area contributed by atoms with E-state index >= 15 is 0 Å². The lowest BCUT2D eigenvalue weighted by Gasteiger charge is -2.33. The van der Waals surface area contributed by atoms with Gasteiger partial charge in [-0.05, 0) is 43.0 Å². The third kappa shape index (κ3) is 5.77. The monoisotopic (exact) mass is 482 g/mol. The van der Waals surface area contributed by atoms with Crippen molar-refractivity contribution in [2.45, 2.75) is 44.9 Å². The number of hydrogen-bond acceptors (Lipinski definition) is 4. The molecule has 1 aliphatic heterocycles. The van der Waals surface area contributed by atoms with Gasteiger partial charge in [-0.15, -0.1) is 0 Å². The third-order valence-electron chi connectivity index (χ3n) is 7.13. The van der Waals surface area contributed by atoms with Gasteiger partial charge >= 0.3 is 6.09 Å². The Balaban J connectivity index is 1.16. The van der Waals surface area contributed by atoms with Crippen molar-refractivity contribution in [2.75, 3.05) is 19.7 Å². The Morgan fingerprint density at radius 3 is 2.14 bits per heavy atom. The van der Waals surface area contributed by atoms with Crippen molar-refractivity contribution in [2.24, 2.45) is 0 Å². The molecule has 1 saturated heterocycles. The van der Waals surface area contributed by atoms with E-state index in [1.54, 1.807) is 0 Å². The van der Waals surface area contributed by atoms with Crippen molar-refractivity contribution in [3.05, 3.63) is 102 Å². The number of ether oxygens (including phenoxy) is 1. The summed E-state index contributed by atoms with van der Waals surface area (Å²) < 4.78 is 8.08. The lowest BCUT2D eigenvalue weighted by Crippen LogP contribution is -2.42. The van der Waals surface area contributed by atoms with Gasteiger partial charge in [-0.1, -0.05) is 72.8 Å². The Morgan fingerprint density at radius 1 is 0.917 bits per heavy atom. The summed E-state index contributed by atoms with van der Waals surface area (Å²) in [5.74, 6) is 0. The van der Waals surface area contributed by atoms with Crippen molar-refractivity contribution >= 4 is 17.1 Å². The second-order valence-electron chi connectivity index (χ2n) is 9.66. The van der Waals surface area contributed by atoms with Crippen LogP contribution in [0.25, 0.3) is 11.0 Å². The van der Waals surface area contributed by atoms with Crippen LogP contribution in [-0.4, -0.2) is 51.2 Å². The van der Waals surface area contributed by atoms with Crippen molar-refractivity contribution < 1.29 is 9.53 Å². The summed E-state index contributed by atoms with van der Waals surface area (Å²) in [4.78, 5) is 21.7. The molecule has 1 atom stereocenters. The van der Waals surface area contributed by atoms with Crippen LogP contribution in [0.4, 0.5) is 4.79 Å². The molecule has 6 heteroatoms. The molecule has 36 heavy (non-hydrogen) atoms. The number of para-hydroxylation sites is 2. The molecule has 3 aromatic carbocycles. The maximum Gasteiger partial charge on any atom is 0.409 e. The maximum atomic E-state index is 12.9. The van der Waals surface area contributed by atoms with E-state index in [1.165, 1.54) is 11.1 Å². The van der Waals surface area contributed by atoms with Gasteiger partial charge in [0, 0.05) is 38.3 Å². The predicted molar refractivity (Wildman–Crippen MR) is 143 cm³/mol. The van der Waals surface area contributed by atoms with Crippen LogP contribution in [0.2, 0.25) is 0 Å². The van der Waals surface area contributed by atoms with Crippen LogP contribution >= 0.6 is 0 Å². The van der Waals surface area contributed by atoms with E-state index in [4.69, 9.17) is 4.74 Å². The summed E-state index contributed by atoms with van der Waals surface area (Å²) in [5, 5.41) is 0. The lowest BCUT2D eigenvalue weighted by molar-refractivity contribution is 0.0568. The molecule has 1 aromatic heterocycles.